The van der Waals surface area contributed by atoms with Crippen LogP contribution in [0.4, 0.5) is 14.9 Å². The van der Waals surface area contributed by atoms with Gasteiger partial charge in [0.05, 0.1) is 0 Å². The van der Waals surface area contributed by atoms with Crippen molar-refractivity contribution >= 4 is 33.6 Å². The number of hydroxylamine groups is 1. The minimum Gasteiger partial charge on any atom is -0.505 e. The van der Waals surface area contributed by atoms with Gasteiger partial charge in [-0.15, -0.1) is 0 Å². The van der Waals surface area contributed by atoms with Crippen molar-refractivity contribution in [2.45, 2.75) is 25.4 Å². The fraction of sp³-hybridized carbons (Fsp3) is 0.200. The monoisotopic (exact) mass is 466 g/mol. The van der Waals surface area contributed by atoms with Crippen molar-refractivity contribution in [2.24, 2.45) is 0 Å². The van der Waals surface area contributed by atoms with Crippen molar-refractivity contribution in [3.8, 4) is 5.75 Å². The highest BCUT2D eigenvalue weighted by Crippen LogP contribution is 2.28. The molecule has 0 saturated heterocycles. The van der Waals surface area contributed by atoms with Gasteiger partial charge in [-0.3, -0.25) is 15.3 Å². The number of halogens is 2. The Bertz CT molecular complexity index is 874. The topological polar surface area (TPSA) is 108 Å². The fourth-order valence-corrected chi connectivity index (χ4v) is 2.74. The smallest absolute Gasteiger partial charge is 0.412 e. The van der Waals surface area contributed by atoms with Crippen molar-refractivity contribution in [1.82, 2.24) is 5.48 Å². The summed E-state index contributed by atoms with van der Waals surface area (Å²) >= 11 is 3.31. The minimum absolute atomic E-state index is 0.350. The zero-order valence-corrected chi connectivity index (χ0v) is 16.9. The first-order valence-electron chi connectivity index (χ1n) is 8.71. The van der Waals surface area contributed by atoms with Crippen LogP contribution in [0.15, 0.2) is 59.1 Å². The highest BCUT2D eigenvalue weighted by Gasteiger charge is 2.18. The molecular formula is C20H20BrFN2O5. The van der Waals surface area contributed by atoms with Crippen LogP contribution in [0.25, 0.3) is 0 Å². The maximum atomic E-state index is 13.7. The fourth-order valence-electron chi connectivity index (χ4n) is 2.48. The largest absolute Gasteiger partial charge is 0.505 e. The van der Waals surface area contributed by atoms with Gasteiger partial charge < -0.3 is 9.84 Å². The van der Waals surface area contributed by atoms with Gasteiger partial charge in [-0.05, 0) is 61.2 Å². The van der Waals surface area contributed by atoms with E-state index in [1.165, 1.54) is 23.7 Å². The molecule has 2 amide bonds. The Labute approximate surface area is 175 Å². The molecule has 9 heteroatoms. The third-order valence-corrected chi connectivity index (χ3v) is 4.43. The maximum absolute atomic E-state index is 13.7. The van der Waals surface area contributed by atoms with E-state index in [1.807, 2.05) is 0 Å². The van der Waals surface area contributed by atoms with Gasteiger partial charge in [-0.25, -0.2) is 14.7 Å². The van der Waals surface area contributed by atoms with Crippen LogP contribution in [-0.4, -0.2) is 22.3 Å². The Kier molecular flexibility index (Phi) is 8.63. The average Bonchev–Trinajstić information content (AvgIpc) is 2.70. The number of rotatable bonds is 8. The molecule has 1 atom stereocenters. The number of allylic oxidation sites excluding steroid dienone is 1. The zero-order valence-electron chi connectivity index (χ0n) is 15.3. The van der Waals surface area contributed by atoms with Crippen LogP contribution >= 0.6 is 15.9 Å². The van der Waals surface area contributed by atoms with Crippen molar-refractivity contribution in [3.05, 3.63) is 70.5 Å². The van der Waals surface area contributed by atoms with E-state index >= 15 is 0 Å². The molecule has 0 radical (unpaired) electrons. The first-order valence-corrected chi connectivity index (χ1v) is 9.50. The summed E-state index contributed by atoms with van der Waals surface area (Å²) in [5.41, 5.74) is 2.41. The number of amides is 2. The van der Waals surface area contributed by atoms with Gasteiger partial charge in [0.15, 0.2) is 11.6 Å². The molecule has 29 heavy (non-hydrogen) atoms. The van der Waals surface area contributed by atoms with Crippen LogP contribution in [0.3, 0.4) is 0 Å². The van der Waals surface area contributed by atoms with E-state index in [1.54, 1.807) is 30.3 Å². The molecule has 0 aromatic heterocycles. The molecule has 7 nitrogen and oxygen atoms in total. The summed E-state index contributed by atoms with van der Waals surface area (Å²) in [6.07, 6.45) is 2.61. The number of ether oxygens (including phenoxy) is 1. The van der Waals surface area contributed by atoms with Crippen LogP contribution in [0, 0.1) is 5.82 Å². The summed E-state index contributed by atoms with van der Waals surface area (Å²) in [6, 6.07) is 10.7. The molecular weight excluding hydrogens is 447 g/mol. The molecule has 0 heterocycles. The number of benzene rings is 2. The summed E-state index contributed by atoms with van der Waals surface area (Å²) in [5.74, 6) is -1.96. The molecule has 0 aliphatic carbocycles. The van der Waals surface area contributed by atoms with E-state index < -0.39 is 29.7 Å². The molecule has 0 aliphatic heterocycles. The second-order valence-corrected chi connectivity index (χ2v) is 6.96. The van der Waals surface area contributed by atoms with Gasteiger partial charge in [-0.1, -0.05) is 28.1 Å². The van der Waals surface area contributed by atoms with Gasteiger partial charge in [-0.2, -0.15) is 0 Å². The summed E-state index contributed by atoms with van der Waals surface area (Å²) in [7, 11) is 0. The number of anilines is 1. The number of aromatic hydroxyl groups is 1. The first kappa shape index (κ1) is 22.4. The van der Waals surface area contributed by atoms with Gasteiger partial charge in [0, 0.05) is 16.2 Å². The summed E-state index contributed by atoms with van der Waals surface area (Å²) in [4.78, 5) is 23.2. The Morgan fingerprint density at radius 3 is 2.59 bits per heavy atom. The predicted octanol–water partition coefficient (Wildman–Crippen LogP) is 4.82. The van der Waals surface area contributed by atoms with Crippen LogP contribution in [0.5, 0.6) is 5.75 Å². The number of phenols is 1. The first-order chi connectivity index (χ1) is 13.9. The number of carbonyl (C=O) groups is 2. The standard InChI is InChI=1S/C20H20BrFN2O5/c21-14-7-9-15(10-8-14)23-20(27)29-18(4-2-1-3-5-19(26)24-28)13-6-11-17(25)16(22)12-13/h3,5-12,18,25,28H,1-2,4H2,(H,23,27)(H,24,26)/b5-3+/t18-/m0/s1. The van der Waals surface area contributed by atoms with Crippen LogP contribution in [0.2, 0.25) is 0 Å². The lowest BCUT2D eigenvalue weighted by Crippen LogP contribution is -2.18. The van der Waals surface area contributed by atoms with Crippen molar-refractivity contribution in [3.63, 3.8) is 0 Å². The third-order valence-electron chi connectivity index (χ3n) is 3.90. The second-order valence-electron chi connectivity index (χ2n) is 6.05. The van der Waals surface area contributed by atoms with E-state index in [4.69, 9.17) is 9.94 Å². The van der Waals surface area contributed by atoms with Crippen LogP contribution < -0.4 is 10.8 Å². The van der Waals surface area contributed by atoms with Gasteiger partial charge in [0.2, 0.25) is 0 Å². The van der Waals surface area contributed by atoms with E-state index in [-0.39, 0.29) is 0 Å². The highest BCUT2D eigenvalue weighted by molar-refractivity contribution is 9.10. The quantitative estimate of drug-likeness (QED) is 0.193. The highest BCUT2D eigenvalue weighted by atomic mass is 79.9. The molecule has 0 saturated carbocycles. The van der Waals surface area contributed by atoms with E-state index in [2.05, 4.69) is 21.2 Å². The number of phenolic OH excluding ortho intramolecular Hbond substituents is 1. The Morgan fingerprint density at radius 1 is 1.21 bits per heavy atom. The molecule has 0 unspecified atom stereocenters. The van der Waals surface area contributed by atoms with Crippen LogP contribution in [0.1, 0.15) is 30.9 Å². The number of nitrogens with one attached hydrogen (secondary N) is 2. The van der Waals surface area contributed by atoms with Crippen LogP contribution in [-0.2, 0) is 9.53 Å². The second kappa shape index (κ2) is 11.2. The number of hydrogen-bond acceptors (Lipinski definition) is 5. The lowest BCUT2D eigenvalue weighted by atomic mass is 10.0. The van der Waals surface area contributed by atoms with E-state index in [0.717, 1.165) is 10.5 Å². The SMILES string of the molecule is O=C(/C=C/CCC[C@H](OC(=O)Nc1ccc(Br)cc1)c1ccc(O)c(F)c1)NO. The Balaban J connectivity index is 2.03. The van der Waals surface area contributed by atoms with Gasteiger partial charge in [0.1, 0.15) is 6.10 Å². The van der Waals surface area contributed by atoms with Gasteiger partial charge >= 0.3 is 6.09 Å². The summed E-state index contributed by atoms with van der Waals surface area (Å²) in [6.45, 7) is 0. The molecule has 2 rings (SSSR count). The molecule has 2 aromatic carbocycles. The lowest BCUT2D eigenvalue weighted by molar-refractivity contribution is -0.124. The van der Waals surface area contributed by atoms with Crippen molar-refractivity contribution in [1.29, 1.82) is 0 Å². The molecule has 0 aliphatic rings. The number of carbonyl (C=O) groups excluding carboxylic acids is 2. The molecule has 0 bridgehead atoms. The average molecular weight is 467 g/mol. The normalized spacial score (nSPS) is 11.8. The van der Waals surface area contributed by atoms with Crippen molar-refractivity contribution in [2.75, 3.05) is 5.32 Å². The summed E-state index contributed by atoms with van der Waals surface area (Å²) < 4.78 is 20.1. The maximum Gasteiger partial charge on any atom is 0.412 e. The lowest BCUT2D eigenvalue weighted by Gasteiger charge is -2.19. The van der Waals surface area contributed by atoms with Crippen molar-refractivity contribution < 1.29 is 29.0 Å². The predicted molar refractivity (Wildman–Crippen MR) is 108 cm³/mol. The molecule has 0 fully saturated rings. The molecule has 4 N–H and O–H groups in total. The number of unbranched alkanes of at least 4 members (excludes halogenated alkanes) is 1. The zero-order chi connectivity index (χ0) is 21.2. The van der Waals surface area contributed by atoms with E-state index in [9.17, 15) is 19.1 Å². The molecule has 2 aromatic rings. The minimum atomic E-state index is -0.816. The molecule has 154 valence electrons. The number of hydrogen-bond donors (Lipinski definition) is 4. The Morgan fingerprint density at radius 2 is 1.93 bits per heavy atom. The summed E-state index contributed by atoms with van der Waals surface area (Å²) in [5, 5.41) is 20.4. The molecule has 0 spiro atoms. The third kappa shape index (κ3) is 7.55. The van der Waals surface area contributed by atoms with E-state index in [0.29, 0.717) is 30.5 Å². The van der Waals surface area contributed by atoms with Gasteiger partial charge in [0.25, 0.3) is 5.91 Å². The Hall–Kier alpha value is -2.91.